The highest BCUT2D eigenvalue weighted by molar-refractivity contribution is 7.18. The summed E-state index contributed by atoms with van der Waals surface area (Å²) in [7, 11) is 0. The summed E-state index contributed by atoms with van der Waals surface area (Å²) in [6.07, 6.45) is 2.50. The van der Waals surface area contributed by atoms with Crippen molar-refractivity contribution in [2.45, 2.75) is 19.8 Å². The molecule has 1 N–H and O–H groups in total. The second kappa shape index (κ2) is 6.71. The molecule has 0 bridgehead atoms. The fourth-order valence-corrected chi connectivity index (χ4v) is 3.59. The molecule has 1 saturated heterocycles. The molecule has 0 radical (unpaired) electrons. The molecule has 1 aromatic heterocycles. The van der Waals surface area contributed by atoms with Crippen LogP contribution >= 0.6 is 22.9 Å². The van der Waals surface area contributed by atoms with Crippen LogP contribution in [0.2, 0.25) is 4.34 Å². The van der Waals surface area contributed by atoms with Gasteiger partial charge in [-0.05, 0) is 55.2 Å². The number of anilines is 2. The molecule has 1 aromatic carbocycles. The summed E-state index contributed by atoms with van der Waals surface area (Å²) in [5.74, 6) is 0.712. The molecule has 5 heteroatoms. The van der Waals surface area contributed by atoms with Crippen LogP contribution in [0.15, 0.2) is 36.4 Å². The van der Waals surface area contributed by atoms with Gasteiger partial charge in [0.1, 0.15) is 0 Å². The van der Waals surface area contributed by atoms with E-state index in [9.17, 15) is 4.79 Å². The Hall–Kier alpha value is -1.52. The summed E-state index contributed by atoms with van der Waals surface area (Å²) in [6.45, 7) is 4.54. The van der Waals surface area contributed by atoms with Crippen LogP contribution in [-0.2, 0) is 0 Å². The Balaban J connectivity index is 1.63. The van der Waals surface area contributed by atoms with Crippen molar-refractivity contribution in [3.8, 4) is 0 Å². The Kier molecular flexibility index (Phi) is 4.69. The molecule has 3 nitrogen and oxygen atoms in total. The minimum atomic E-state index is -0.114. The lowest BCUT2D eigenvalue weighted by molar-refractivity contribution is 0.103. The number of nitrogens with zero attached hydrogens (tertiary/aromatic N) is 1. The highest BCUT2D eigenvalue weighted by atomic mass is 35.5. The molecule has 1 aliphatic rings. The number of benzene rings is 1. The molecule has 1 fully saturated rings. The maximum atomic E-state index is 12.1. The monoisotopic (exact) mass is 334 g/mol. The van der Waals surface area contributed by atoms with Crippen molar-refractivity contribution in [3.63, 3.8) is 0 Å². The van der Waals surface area contributed by atoms with E-state index in [1.54, 1.807) is 12.1 Å². The van der Waals surface area contributed by atoms with Crippen molar-refractivity contribution >= 4 is 40.2 Å². The van der Waals surface area contributed by atoms with Crippen molar-refractivity contribution in [2.24, 2.45) is 5.92 Å². The normalized spacial score (nSPS) is 15.8. The molecule has 1 amide bonds. The van der Waals surface area contributed by atoms with E-state index in [4.69, 9.17) is 11.6 Å². The fraction of sp³-hybridized carbons (Fsp3) is 0.353. The van der Waals surface area contributed by atoms with Gasteiger partial charge in [-0.2, -0.15) is 0 Å². The highest BCUT2D eigenvalue weighted by Crippen LogP contribution is 2.25. The number of carbonyl (C=O) groups excluding carboxylic acids is 1. The molecule has 3 rings (SSSR count). The average Bonchev–Trinajstić information content (AvgIpc) is 2.96. The highest BCUT2D eigenvalue weighted by Gasteiger charge is 2.16. The van der Waals surface area contributed by atoms with Gasteiger partial charge in [0.25, 0.3) is 5.91 Å². The first-order chi connectivity index (χ1) is 10.6. The van der Waals surface area contributed by atoms with E-state index in [-0.39, 0.29) is 5.91 Å². The lowest BCUT2D eigenvalue weighted by Gasteiger charge is -2.32. The zero-order valence-electron chi connectivity index (χ0n) is 12.5. The molecule has 2 heterocycles. The lowest BCUT2D eigenvalue weighted by atomic mass is 9.99. The first-order valence-electron chi connectivity index (χ1n) is 7.53. The van der Waals surface area contributed by atoms with Crippen molar-refractivity contribution in [1.29, 1.82) is 0 Å². The van der Waals surface area contributed by atoms with E-state index in [2.05, 4.69) is 29.3 Å². The first kappa shape index (κ1) is 15.4. The predicted molar refractivity (Wildman–Crippen MR) is 94.3 cm³/mol. The summed E-state index contributed by atoms with van der Waals surface area (Å²) >= 11 is 7.14. The van der Waals surface area contributed by atoms with Crippen LogP contribution in [-0.4, -0.2) is 19.0 Å². The number of nitrogens with one attached hydrogen (secondary N) is 1. The molecular weight excluding hydrogens is 316 g/mol. The van der Waals surface area contributed by atoms with Gasteiger partial charge in [0, 0.05) is 24.5 Å². The van der Waals surface area contributed by atoms with E-state index in [1.165, 1.54) is 29.9 Å². The Morgan fingerprint density at radius 1 is 1.18 bits per heavy atom. The number of carbonyl (C=O) groups is 1. The predicted octanol–water partition coefficient (Wildman–Crippen LogP) is 4.89. The van der Waals surface area contributed by atoms with Gasteiger partial charge in [-0.15, -0.1) is 11.3 Å². The summed E-state index contributed by atoms with van der Waals surface area (Å²) < 4.78 is 0.625. The third kappa shape index (κ3) is 3.62. The van der Waals surface area contributed by atoms with E-state index in [1.807, 2.05) is 12.1 Å². The standard InChI is InChI=1S/C17H19ClN2OS/c1-12-8-10-20(11-9-12)14-4-2-13(3-5-14)19-17(21)15-6-7-16(18)22-15/h2-7,12H,8-11H2,1H3,(H,19,21). The van der Waals surface area contributed by atoms with Crippen LogP contribution in [0.3, 0.4) is 0 Å². The summed E-state index contributed by atoms with van der Waals surface area (Å²) in [5.41, 5.74) is 2.03. The maximum absolute atomic E-state index is 12.1. The van der Waals surface area contributed by atoms with Crippen LogP contribution in [0, 0.1) is 5.92 Å². The Bertz CT molecular complexity index is 645. The number of rotatable bonds is 3. The quantitative estimate of drug-likeness (QED) is 0.866. The Labute approximate surface area is 139 Å². The first-order valence-corrected chi connectivity index (χ1v) is 8.73. The summed E-state index contributed by atoms with van der Waals surface area (Å²) in [6, 6.07) is 11.5. The molecule has 0 unspecified atom stereocenters. The van der Waals surface area contributed by atoms with Crippen LogP contribution < -0.4 is 10.2 Å². The third-order valence-electron chi connectivity index (χ3n) is 4.07. The van der Waals surface area contributed by atoms with Gasteiger partial charge in [-0.1, -0.05) is 18.5 Å². The van der Waals surface area contributed by atoms with E-state index in [0.29, 0.717) is 9.21 Å². The van der Waals surface area contributed by atoms with E-state index in [0.717, 1.165) is 24.7 Å². The molecular formula is C17H19ClN2OS. The number of amides is 1. The smallest absolute Gasteiger partial charge is 0.265 e. The molecule has 116 valence electrons. The SMILES string of the molecule is CC1CCN(c2ccc(NC(=O)c3ccc(Cl)s3)cc2)CC1. The Morgan fingerprint density at radius 2 is 1.86 bits per heavy atom. The fourth-order valence-electron chi connectivity index (χ4n) is 2.65. The van der Waals surface area contributed by atoms with Crippen molar-refractivity contribution in [3.05, 3.63) is 45.6 Å². The van der Waals surface area contributed by atoms with E-state index < -0.39 is 0 Å². The van der Waals surface area contributed by atoms with Crippen LogP contribution in [0.25, 0.3) is 0 Å². The van der Waals surface area contributed by atoms with Gasteiger partial charge in [0.05, 0.1) is 9.21 Å². The van der Waals surface area contributed by atoms with Crippen molar-refractivity contribution in [2.75, 3.05) is 23.3 Å². The van der Waals surface area contributed by atoms with Gasteiger partial charge in [-0.3, -0.25) is 4.79 Å². The molecule has 22 heavy (non-hydrogen) atoms. The van der Waals surface area contributed by atoms with Crippen molar-refractivity contribution in [1.82, 2.24) is 0 Å². The van der Waals surface area contributed by atoms with E-state index >= 15 is 0 Å². The van der Waals surface area contributed by atoms with Crippen LogP contribution in [0.4, 0.5) is 11.4 Å². The van der Waals surface area contributed by atoms with Gasteiger partial charge in [0.15, 0.2) is 0 Å². The number of piperidine rings is 1. The molecule has 0 spiro atoms. The molecule has 2 aromatic rings. The molecule has 1 aliphatic heterocycles. The van der Waals surface area contributed by atoms with Crippen molar-refractivity contribution < 1.29 is 4.79 Å². The second-order valence-electron chi connectivity index (χ2n) is 5.77. The zero-order chi connectivity index (χ0) is 15.5. The topological polar surface area (TPSA) is 32.3 Å². The summed E-state index contributed by atoms with van der Waals surface area (Å²) in [4.78, 5) is 15.1. The third-order valence-corrected chi connectivity index (χ3v) is 5.30. The minimum Gasteiger partial charge on any atom is -0.372 e. The van der Waals surface area contributed by atoms with Crippen LogP contribution in [0.1, 0.15) is 29.4 Å². The van der Waals surface area contributed by atoms with Gasteiger partial charge in [0.2, 0.25) is 0 Å². The van der Waals surface area contributed by atoms with Gasteiger partial charge < -0.3 is 10.2 Å². The summed E-state index contributed by atoms with van der Waals surface area (Å²) in [5, 5.41) is 2.90. The molecule has 0 atom stereocenters. The average molecular weight is 335 g/mol. The maximum Gasteiger partial charge on any atom is 0.265 e. The largest absolute Gasteiger partial charge is 0.372 e. The molecule has 0 saturated carbocycles. The zero-order valence-corrected chi connectivity index (χ0v) is 14.1. The molecule has 0 aliphatic carbocycles. The number of halogens is 1. The number of hydrogen-bond donors (Lipinski definition) is 1. The minimum absolute atomic E-state index is 0.114. The Morgan fingerprint density at radius 3 is 2.45 bits per heavy atom. The van der Waals surface area contributed by atoms with Gasteiger partial charge in [-0.25, -0.2) is 0 Å². The van der Waals surface area contributed by atoms with Gasteiger partial charge >= 0.3 is 0 Å². The van der Waals surface area contributed by atoms with Crippen LogP contribution in [0.5, 0.6) is 0 Å². The number of thiophene rings is 1. The lowest BCUT2D eigenvalue weighted by Crippen LogP contribution is -2.32. The number of hydrogen-bond acceptors (Lipinski definition) is 3. The second-order valence-corrected chi connectivity index (χ2v) is 7.49.